The Labute approximate surface area is 146 Å². The average Bonchev–Trinajstić information content (AvgIpc) is 2.55. The summed E-state index contributed by atoms with van der Waals surface area (Å²) in [6.07, 6.45) is 1.72. The number of nitrogens with one attached hydrogen (secondary N) is 3. The average molecular weight is 343 g/mol. The summed E-state index contributed by atoms with van der Waals surface area (Å²) in [5, 5.41) is 9.41. The van der Waals surface area contributed by atoms with Crippen molar-refractivity contribution in [1.29, 1.82) is 0 Å². The normalized spacial score (nSPS) is 10.9. The highest BCUT2D eigenvalue weighted by molar-refractivity contribution is 6.00. The van der Waals surface area contributed by atoms with Gasteiger partial charge in [0, 0.05) is 11.8 Å². The third-order valence-corrected chi connectivity index (χ3v) is 3.48. The van der Waals surface area contributed by atoms with Crippen molar-refractivity contribution in [1.82, 2.24) is 0 Å². The van der Waals surface area contributed by atoms with E-state index in [4.69, 9.17) is 4.74 Å². The second-order valence-corrected chi connectivity index (χ2v) is 6.72. The summed E-state index contributed by atoms with van der Waals surface area (Å²) >= 11 is 0. The highest BCUT2D eigenvalue weighted by atomic mass is 16.5. The van der Waals surface area contributed by atoms with E-state index in [0.29, 0.717) is 28.4 Å². The Morgan fingerprint density at radius 3 is 2.52 bits per heavy atom. The number of carbonyl (C=O) groups is 1. The Hall–Kier alpha value is -2.96. The summed E-state index contributed by atoms with van der Waals surface area (Å²) in [4.78, 5) is 26.2. The monoisotopic (exact) mass is 343 g/mol. The van der Waals surface area contributed by atoms with Crippen molar-refractivity contribution in [2.75, 3.05) is 17.7 Å². The molecule has 0 aliphatic carbocycles. The lowest BCUT2D eigenvalue weighted by molar-refractivity contribution is -0.361. The SMILES string of the molecule is COC(=O)c1c(Nc2cc(N=O)ccc2C)cc[nH+]c1NC(C)(C)C. The number of anilines is 3. The maximum atomic E-state index is 12.3. The molecule has 2 aromatic rings. The minimum absolute atomic E-state index is 0.255. The van der Waals surface area contributed by atoms with Crippen molar-refractivity contribution >= 4 is 28.8 Å². The van der Waals surface area contributed by atoms with Gasteiger partial charge in [0.05, 0.1) is 24.5 Å². The number of H-pyrrole nitrogens is 1. The van der Waals surface area contributed by atoms with E-state index in [9.17, 15) is 9.70 Å². The molecular weight excluding hydrogens is 320 g/mol. The van der Waals surface area contributed by atoms with Gasteiger partial charge in [0.25, 0.3) is 5.82 Å². The second kappa shape index (κ2) is 7.29. The van der Waals surface area contributed by atoms with Crippen LogP contribution < -0.4 is 15.6 Å². The molecule has 1 aromatic carbocycles. The minimum atomic E-state index is -0.478. The standard InChI is InChI=1S/C18H22N4O3/c1-11-6-7-12(22-24)10-14(11)20-13-8-9-19-16(21-18(2,3)4)15(13)17(23)25-5/h6-10H,1-5H3,(H2,19,20,21)/p+1. The molecule has 0 atom stereocenters. The van der Waals surface area contributed by atoms with Crippen molar-refractivity contribution in [3.63, 3.8) is 0 Å². The van der Waals surface area contributed by atoms with Crippen LogP contribution >= 0.6 is 0 Å². The number of carbonyl (C=O) groups excluding carboxylic acids is 1. The van der Waals surface area contributed by atoms with Gasteiger partial charge in [0.1, 0.15) is 5.69 Å². The number of esters is 1. The summed E-state index contributed by atoms with van der Waals surface area (Å²) in [5.41, 5.74) is 2.57. The quantitative estimate of drug-likeness (QED) is 0.633. The zero-order valence-corrected chi connectivity index (χ0v) is 15.1. The number of hydrogen-bond donors (Lipinski definition) is 2. The fourth-order valence-corrected chi connectivity index (χ4v) is 2.34. The molecule has 0 aliphatic heterocycles. The predicted octanol–water partition coefficient (Wildman–Crippen LogP) is 3.95. The van der Waals surface area contributed by atoms with Crippen LogP contribution in [-0.2, 0) is 4.74 Å². The smallest absolute Gasteiger partial charge is 0.348 e. The summed E-state index contributed by atoms with van der Waals surface area (Å²) in [5.74, 6) is 0.0695. The molecule has 0 spiro atoms. The van der Waals surface area contributed by atoms with Gasteiger partial charge in [-0.1, -0.05) is 6.07 Å². The molecule has 7 nitrogen and oxygen atoms in total. The molecule has 0 unspecified atom stereocenters. The fourth-order valence-electron chi connectivity index (χ4n) is 2.34. The summed E-state index contributed by atoms with van der Waals surface area (Å²) in [7, 11) is 1.34. The van der Waals surface area contributed by atoms with Crippen molar-refractivity contribution in [3.8, 4) is 0 Å². The Morgan fingerprint density at radius 1 is 1.20 bits per heavy atom. The number of nitrogens with zero attached hydrogens (tertiary/aromatic N) is 1. The molecule has 25 heavy (non-hydrogen) atoms. The van der Waals surface area contributed by atoms with Crippen LogP contribution in [-0.4, -0.2) is 18.6 Å². The number of aryl methyl sites for hydroxylation is 1. The topological polar surface area (TPSA) is 93.9 Å². The molecule has 1 heterocycles. The molecule has 0 bridgehead atoms. The molecule has 1 aromatic heterocycles. The highest BCUT2D eigenvalue weighted by Gasteiger charge is 2.27. The van der Waals surface area contributed by atoms with E-state index in [0.717, 1.165) is 5.56 Å². The minimum Gasteiger partial charge on any atom is -0.465 e. The van der Waals surface area contributed by atoms with Gasteiger partial charge in [-0.3, -0.25) is 5.32 Å². The van der Waals surface area contributed by atoms with E-state index in [1.807, 2.05) is 27.7 Å². The number of methoxy groups -OCH3 is 1. The van der Waals surface area contributed by atoms with Crippen LogP contribution in [0.25, 0.3) is 0 Å². The second-order valence-electron chi connectivity index (χ2n) is 6.72. The molecule has 0 amide bonds. The summed E-state index contributed by atoms with van der Waals surface area (Å²) < 4.78 is 4.94. The number of rotatable bonds is 5. The first-order valence-corrected chi connectivity index (χ1v) is 7.87. The number of benzene rings is 1. The molecule has 0 saturated heterocycles. The lowest BCUT2D eigenvalue weighted by atomic mass is 10.1. The van der Waals surface area contributed by atoms with Crippen LogP contribution in [0.2, 0.25) is 0 Å². The molecule has 2 rings (SSSR count). The lowest BCUT2D eigenvalue weighted by Gasteiger charge is -2.18. The zero-order chi connectivity index (χ0) is 18.6. The van der Waals surface area contributed by atoms with Gasteiger partial charge < -0.3 is 10.1 Å². The largest absolute Gasteiger partial charge is 0.465 e. The van der Waals surface area contributed by atoms with Crippen LogP contribution in [0, 0.1) is 11.8 Å². The van der Waals surface area contributed by atoms with Gasteiger partial charge in [-0.15, -0.1) is 4.91 Å². The van der Waals surface area contributed by atoms with E-state index >= 15 is 0 Å². The van der Waals surface area contributed by atoms with E-state index in [2.05, 4.69) is 20.8 Å². The van der Waals surface area contributed by atoms with Gasteiger partial charge in [-0.2, -0.15) is 0 Å². The number of aromatic amines is 1. The van der Waals surface area contributed by atoms with Crippen molar-refractivity contribution in [2.24, 2.45) is 5.18 Å². The third kappa shape index (κ3) is 4.53. The molecular formula is C18H23N4O3+. The summed E-state index contributed by atoms with van der Waals surface area (Å²) in [6, 6.07) is 6.80. The van der Waals surface area contributed by atoms with E-state index in [-0.39, 0.29) is 5.54 Å². The first kappa shape index (κ1) is 18.4. The number of ether oxygens (including phenoxy) is 1. The molecule has 0 aliphatic rings. The number of aromatic nitrogens is 1. The Balaban J connectivity index is 2.52. The van der Waals surface area contributed by atoms with Crippen LogP contribution in [0.3, 0.4) is 0 Å². The van der Waals surface area contributed by atoms with E-state index in [1.54, 1.807) is 30.5 Å². The third-order valence-electron chi connectivity index (χ3n) is 3.48. The van der Waals surface area contributed by atoms with Crippen LogP contribution in [0.4, 0.5) is 22.9 Å². The fraction of sp³-hybridized carbons (Fsp3) is 0.333. The van der Waals surface area contributed by atoms with Gasteiger partial charge in [-0.25, -0.2) is 9.78 Å². The number of pyridine rings is 1. The van der Waals surface area contributed by atoms with Gasteiger partial charge in [-0.05, 0) is 50.6 Å². The first-order chi connectivity index (χ1) is 11.7. The highest BCUT2D eigenvalue weighted by Crippen LogP contribution is 2.30. The predicted molar refractivity (Wildman–Crippen MR) is 97.6 cm³/mol. The maximum Gasteiger partial charge on any atom is 0.348 e. The van der Waals surface area contributed by atoms with Crippen molar-refractivity contribution < 1.29 is 14.5 Å². The van der Waals surface area contributed by atoms with Crippen LogP contribution in [0.15, 0.2) is 35.6 Å². The van der Waals surface area contributed by atoms with E-state index < -0.39 is 5.97 Å². The van der Waals surface area contributed by atoms with Crippen molar-refractivity contribution in [3.05, 3.63) is 46.5 Å². The first-order valence-electron chi connectivity index (χ1n) is 7.87. The zero-order valence-electron chi connectivity index (χ0n) is 15.1. The Morgan fingerprint density at radius 2 is 1.92 bits per heavy atom. The van der Waals surface area contributed by atoms with Gasteiger partial charge in [0.15, 0.2) is 5.56 Å². The number of hydrogen-bond acceptors (Lipinski definition) is 6. The van der Waals surface area contributed by atoms with E-state index in [1.165, 1.54) is 7.11 Å². The van der Waals surface area contributed by atoms with Gasteiger partial charge in [0.2, 0.25) is 0 Å². The van der Waals surface area contributed by atoms with Crippen molar-refractivity contribution in [2.45, 2.75) is 33.2 Å². The summed E-state index contributed by atoms with van der Waals surface area (Å²) in [6.45, 7) is 7.88. The molecule has 132 valence electrons. The Kier molecular flexibility index (Phi) is 5.36. The molecule has 7 heteroatoms. The molecule has 3 N–H and O–H groups in total. The number of nitroso groups, excluding NO2 is 1. The van der Waals surface area contributed by atoms with Crippen LogP contribution in [0.5, 0.6) is 0 Å². The van der Waals surface area contributed by atoms with Crippen LogP contribution in [0.1, 0.15) is 36.7 Å². The Bertz CT molecular complexity index is 797. The maximum absolute atomic E-state index is 12.3. The van der Waals surface area contributed by atoms with Gasteiger partial charge >= 0.3 is 5.97 Å². The molecule has 0 fully saturated rings. The molecule has 0 radical (unpaired) electrons. The molecule has 0 saturated carbocycles. The lowest BCUT2D eigenvalue weighted by Crippen LogP contribution is -2.32.